The molecule has 0 radical (unpaired) electrons. The monoisotopic (exact) mass is 818 g/mol. The fraction of sp³-hybridized carbons (Fsp3) is 0.459. The quantitative estimate of drug-likeness (QED) is 0.140. The summed E-state index contributed by atoms with van der Waals surface area (Å²) < 4.78 is 20.4. The first kappa shape index (κ1) is 46.3. The van der Waals surface area contributed by atoms with E-state index in [2.05, 4.69) is 25.5 Å². The Labute approximate surface area is 328 Å². The van der Waals surface area contributed by atoms with Crippen LogP contribution < -0.4 is 0 Å². The maximum Gasteiger partial charge on any atom is 0.339 e. The molecule has 14 heteroatoms. The van der Waals surface area contributed by atoms with Crippen LogP contribution in [0.15, 0.2) is 12.1 Å². The number of carbonyl (C=O) groups is 4. The highest BCUT2D eigenvalue weighted by Gasteiger charge is 2.22. The van der Waals surface area contributed by atoms with Gasteiger partial charge in [-0.2, -0.15) is 0 Å². The lowest BCUT2D eigenvalue weighted by molar-refractivity contribution is 0.0515. The van der Waals surface area contributed by atoms with E-state index in [4.69, 9.17) is 37.4 Å². The largest absolute Gasteiger partial charge is 0.465 e. The molecule has 4 aromatic heterocycles. The number of halogens is 2. The van der Waals surface area contributed by atoms with Crippen LogP contribution in [0.4, 0.5) is 0 Å². The van der Waals surface area contributed by atoms with Crippen LogP contribution in [0.2, 0.25) is 8.67 Å². The van der Waals surface area contributed by atoms with Crippen molar-refractivity contribution in [3.8, 4) is 0 Å². The van der Waals surface area contributed by atoms with E-state index in [-0.39, 0.29) is 29.3 Å². The van der Waals surface area contributed by atoms with E-state index in [1.54, 1.807) is 35.7 Å². The first-order chi connectivity index (χ1) is 23.7. The standard InChI is InChI=1S/C11H16O2S.C10H14O2S.C9H11ClO2S.C7H7ClO2S/c1-7-8(10(12)13-5)6-9(14-7)11(2,3)4;1-5-12-10(11)9-6(2)7(3)13-8(9)4;1-4-12-9(11)7-5(2)8(10)13-6(7)3;1-4-5(7(9)10-2)3-6(8)11-4/h6H,1-5H3;5H2,1-4H3;4H2,1-3H3;3H,1-2H3. The fourth-order valence-electron chi connectivity index (χ4n) is 4.34. The van der Waals surface area contributed by atoms with Crippen LogP contribution in [0, 0.1) is 48.5 Å². The van der Waals surface area contributed by atoms with Crippen LogP contribution in [-0.4, -0.2) is 51.3 Å². The van der Waals surface area contributed by atoms with E-state index < -0.39 is 0 Å². The van der Waals surface area contributed by atoms with E-state index >= 15 is 0 Å². The van der Waals surface area contributed by atoms with Gasteiger partial charge in [0.2, 0.25) is 0 Å². The van der Waals surface area contributed by atoms with Gasteiger partial charge in [0, 0.05) is 29.3 Å². The van der Waals surface area contributed by atoms with Crippen molar-refractivity contribution in [2.45, 2.75) is 88.5 Å². The molecule has 0 fully saturated rings. The Kier molecular flexibility index (Phi) is 19.1. The third-order valence-corrected chi connectivity index (χ3v) is 12.4. The molecule has 0 atom stereocenters. The molecule has 0 unspecified atom stereocenters. The number of thiophene rings is 4. The van der Waals surface area contributed by atoms with Crippen molar-refractivity contribution in [3.63, 3.8) is 0 Å². The highest BCUT2D eigenvalue weighted by Crippen LogP contribution is 2.33. The number of carbonyl (C=O) groups excluding carboxylic acids is 4. The Hall–Kier alpha value is -2.74. The maximum atomic E-state index is 11.5. The smallest absolute Gasteiger partial charge is 0.339 e. The van der Waals surface area contributed by atoms with Crippen molar-refractivity contribution < 1.29 is 38.1 Å². The van der Waals surface area contributed by atoms with Crippen LogP contribution >= 0.6 is 68.5 Å². The summed E-state index contributed by atoms with van der Waals surface area (Å²) in [4.78, 5) is 51.5. The summed E-state index contributed by atoms with van der Waals surface area (Å²) in [7, 11) is 2.77. The second kappa shape index (κ2) is 21.1. The van der Waals surface area contributed by atoms with Gasteiger partial charge in [0.05, 0.1) is 58.4 Å². The fourth-order valence-corrected chi connectivity index (χ4v) is 8.94. The molecule has 0 bridgehead atoms. The predicted molar refractivity (Wildman–Crippen MR) is 214 cm³/mol. The summed E-state index contributed by atoms with van der Waals surface area (Å²) in [6, 6.07) is 3.55. The van der Waals surface area contributed by atoms with Gasteiger partial charge in [-0.3, -0.25) is 0 Å². The van der Waals surface area contributed by atoms with Crippen LogP contribution in [-0.2, 0) is 24.4 Å². The molecule has 4 rings (SSSR count). The van der Waals surface area contributed by atoms with Gasteiger partial charge >= 0.3 is 23.9 Å². The normalized spacial score (nSPS) is 10.4. The lowest BCUT2D eigenvalue weighted by Gasteiger charge is -2.15. The van der Waals surface area contributed by atoms with Crippen LogP contribution in [0.3, 0.4) is 0 Å². The minimum Gasteiger partial charge on any atom is -0.465 e. The first-order valence-corrected chi connectivity index (χ1v) is 19.9. The average molecular weight is 820 g/mol. The molecule has 0 spiro atoms. The lowest BCUT2D eigenvalue weighted by Crippen LogP contribution is -2.08. The maximum absolute atomic E-state index is 11.5. The van der Waals surface area contributed by atoms with E-state index in [9.17, 15) is 19.2 Å². The zero-order valence-electron chi connectivity index (χ0n) is 31.7. The average Bonchev–Trinajstić information content (AvgIpc) is 3.75. The SMILES string of the molecule is CCOC(=O)c1c(C)sc(C)c1C.CCOC(=O)c1c(C)sc(Cl)c1C.COC(=O)c1cc(C(C)(C)C)sc1C.COC(=O)c1cc(Cl)sc1C. The third-order valence-electron chi connectivity index (χ3n) is 7.14. The van der Waals surface area contributed by atoms with E-state index in [1.807, 2.05) is 61.5 Å². The molecular formula is C37H48Cl2O8S4. The molecule has 0 saturated carbocycles. The number of aryl methyl sites for hydroxylation is 5. The Morgan fingerprint density at radius 1 is 0.588 bits per heavy atom. The molecule has 0 aromatic carbocycles. The number of hydrogen-bond acceptors (Lipinski definition) is 12. The van der Waals surface area contributed by atoms with Gasteiger partial charge in [0.1, 0.15) is 0 Å². The number of rotatable bonds is 6. The molecule has 0 saturated heterocycles. The molecule has 4 aromatic rings. The van der Waals surface area contributed by atoms with Crippen molar-refractivity contribution in [1.29, 1.82) is 0 Å². The zero-order valence-corrected chi connectivity index (χ0v) is 36.5. The second-order valence-electron chi connectivity index (χ2n) is 11.9. The molecule has 4 heterocycles. The molecule has 282 valence electrons. The predicted octanol–water partition coefficient (Wildman–Crippen LogP) is 11.7. The zero-order chi connectivity index (χ0) is 39.4. The molecule has 51 heavy (non-hydrogen) atoms. The molecule has 0 aliphatic heterocycles. The van der Waals surface area contributed by atoms with Crippen molar-refractivity contribution in [2.24, 2.45) is 0 Å². The van der Waals surface area contributed by atoms with Gasteiger partial charge in [-0.25, -0.2) is 19.2 Å². The Morgan fingerprint density at radius 3 is 1.33 bits per heavy atom. The topological polar surface area (TPSA) is 105 Å². The summed E-state index contributed by atoms with van der Waals surface area (Å²) in [6.07, 6.45) is 0. The Morgan fingerprint density at radius 2 is 1.02 bits per heavy atom. The van der Waals surface area contributed by atoms with Gasteiger partial charge < -0.3 is 18.9 Å². The molecule has 0 N–H and O–H groups in total. The highest BCUT2D eigenvalue weighted by atomic mass is 35.5. The minimum absolute atomic E-state index is 0.0989. The lowest BCUT2D eigenvalue weighted by atomic mass is 9.94. The summed E-state index contributed by atoms with van der Waals surface area (Å²) in [5.41, 5.74) is 4.61. The van der Waals surface area contributed by atoms with E-state index in [0.717, 1.165) is 36.2 Å². The van der Waals surface area contributed by atoms with Crippen molar-refractivity contribution in [2.75, 3.05) is 27.4 Å². The number of methoxy groups -OCH3 is 2. The first-order valence-electron chi connectivity index (χ1n) is 15.9. The van der Waals surface area contributed by atoms with Crippen LogP contribution in [0.1, 0.15) is 116 Å². The number of esters is 4. The summed E-state index contributed by atoms with van der Waals surface area (Å²) in [6.45, 7) is 24.3. The van der Waals surface area contributed by atoms with Crippen LogP contribution in [0.25, 0.3) is 0 Å². The van der Waals surface area contributed by atoms with Gasteiger partial charge in [-0.15, -0.1) is 45.3 Å². The van der Waals surface area contributed by atoms with Gasteiger partial charge in [0.25, 0.3) is 0 Å². The van der Waals surface area contributed by atoms with E-state index in [0.29, 0.717) is 38.6 Å². The number of ether oxygens (including phenoxy) is 4. The summed E-state index contributed by atoms with van der Waals surface area (Å²) in [5.74, 6) is -1.04. The molecular weight excluding hydrogens is 772 g/mol. The molecule has 8 nitrogen and oxygen atoms in total. The number of hydrogen-bond donors (Lipinski definition) is 0. The van der Waals surface area contributed by atoms with Crippen molar-refractivity contribution in [3.05, 3.63) is 83.4 Å². The molecule has 0 aliphatic carbocycles. The summed E-state index contributed by atoms with van der Waals surface area (Å²) >= 11 is 17.7. The van der Waals surface area contributed by atoms with E-state index in [1.165, 1.54) is 46.6 Å². The van der Waals surface area contributed by atoms with Crippen molar-refractivity contribution >= 4 is 92.4 Å². The minimum atomic E-state index is -0.328. The van der Waals surface area contributed by atoms with Gasteiger partial charge in [0.15, 0.2) is 0 Å². The second-order valence-corrected chi connectivity index (χ2v) is 18.3. The summed E-state index contributed by atoms with van der Waals surface area (Å²) in [5, 5.41) is 0. The third kappa shape index (κ3) is 13.3. The van der Waals surface area contributed by atoms with Crippen molar-refractivity contribution in [1.82, 2.24) is 0 Å². The molecule has 0 amide bonds. The van der Waals surface area contributed by atoms with Gasteiger partial charge in [-0.1, -0.05) is 44.0 Å². The Balaban J connectivity index is 0.000000341. The Bertz CT molecular complexity index is 1740. The van der Waals surface area contributed by atoms with Gasteiger partial charge in [-0.05, 0) is 91.0 Å². The molecule has 0 aliphatic rings. The van der Waals surface area contributed by atoms with Crippen LogP contribution in [0.5, 0.6) is 0 Å². The highest BCUT2D eigenvalue weighted by molar-refractivity contribution is 7.17.